The van der Waals surface area contributed by atoms with Gasteiger partial charge in [-0.1, -0.05) is 31.5 Å². The van der Waals surface area contributed by atoms with Gasteiger partial charge in [0.05, 0.1) is 0 Å². The van der Waals surface area contributed by atoms with Crippen LogP contribution in [0, 0.1) is 0 Å². The standard InChI is InChI=1S/C10H14ClNS/c1-2-3-9-12-13(11)10-7-5-4-6-8-10/h4-8H,2-3,9H2,1H3. The fraction of sp³-hybridized carbons (Fsp3) is 0.400. The Labute approximate surface area is 86.7 Å². The van der Waals surface area contributed by atoms with E-state index in [4.69, 9.17) is 10.7 Å². The molecule has 1 aromatic carbocycles. The number of rotatable bonds is 4. The van der Waals surface area contributed by atoms with Gasteiger partial charge in [-0.3, -0.25) is 0 Å². The lowest BCUT2D eigenvalue weighted by Crippen LogP contribution is -1.84. The van der Waals surface area contributed by atoms with Crippen LogP contribution in [0.1, 0.15) is 19.8 Å². The Balaban J connectivity index is 2.57. The van der Waals surface area contributed by atoms with Crippen molar-refractivity contribution in [3.8, 4) is 0 Å². The van der Waals surface area contributed by atoms with E-state index in [1.54, 1.807) is 0 Å². The predicted molar refractivity (Wildman–Crippen MR) is 60.1 cm³/mol. The number of halogens is 1. The van der Waals surface area contributed by atoms with Crippen LogP contribution >= 0.6 is 10.7 Å². The minimum atomic E-state index is -0.438. The number of nitrogens with zero attached hydrogens (tertiary/aromatic N) is 1. The third kappa shape index (κ3) is 3.92. The first kappa shape index (κ1) is 10.7. The Morgan fingerprint density at radius 1 is 1.31 bits per heavy atom. The van der Waals surface area contributed by atoms with E-state index in [1.807, 2.05) is 30.3 Å². The first-order chi connectivity index (χ1) is 6.34. The van der Waals surface area contributed by atoms with Crippen LogP contribution in [0.3, 0.4) is 0 Å². The van der Waals surface area contributed by atoms with Crippen molar-refractivity contribution >= 4 is 20.6 Å². The topological polar surface area (TPSA) is 12.4 Å². The highest BCUT2D eigenvalue weighted by Gasteiger charge is 1.94. The van der Waals surface area contributed by atoms with E-state index < -0.39 is 9.90 Å². The predicted octanol–water partition coefficient (Wildman–Crippen LogP) is 3.80. The average molecular weight is 216 g/mol. The molecule has 13 heavy (non-hydrogen) atoms. The maximum absolute atomic E-state index is 6.10. The lowest BCUT2D eigenvalue weighted by molar-refractivity contribution is 0.814. The van der Waals surface area contributed by atoms with Gasteiger partial charge in [0.25, 0.3) is 0 Å². The van der Waals surface area contributed by atoms with Crippen LogP contribution in [0.4, 0.5) is 0 Å². The van der Waals surface area contributed by atoms with Gasteiger partial charge >= 0.3 is 0 Å². The number of hydrogen-bond acceptors (Lipinski definition) is 1. The molecule has 3 heteroatoms. The Morgan fingerprint density at radius 3 is 2.62 bits per heavy atom. The maximum Gasteiger partial charge on any atom is 0.0475 e. The van der Waals surface area contributed by atoms with Crippen LogP contribution in [0.25, 0.3) is 0 Å². The third-order valence-corrected chi connectivity index (χ3v) is 3.55. The Hall–Kier alpha value is -0.340. The van der Waals surface area contributed by atoms with Gasteiger partial charge in [-0.05, 0) is 29.2 Å². The van der Waals surface area contributed by atoms with Crippen molar-refractivity contribution in [2.45, 2.75) is 24.7 Å². The van der Waals surface area contributed by atoms with Gasteiger partial charge in [0, 0.05) is 21.3 Å². The summed E-state index contributed by atoms with van der Waals surface area (Å²) in [4.78, 5) is 1.11. The van der Waals surface area contributed by atoms with Crippen LogP contribution in [-0.4, -0.2) is 6.54 Å². The van der Waals surface area contributed by atoms with Gasteiger partial charge < -0.3 is 0 Å². The zero-order chi connectivity index (χ0) is 9.52. The van der Waals surface area contributed by atoms with E-state index in [0.717, 1.165) is 17.9 Å². The van der Waals surface area contributed by atoms with Gasteiger partial charge in [-0.2, -0.15) is 0 Å². The molecule has 0 saturated carbocycles. The Kier molecular flexibility index (Phi) is 5.09. The molecule has 1 unspecified atom stereocenters. The molecule has 0 aliphatic heterocycles. The minimum Gasteiger partial charge on any atom is -0.245 e. The second-order valence-corrected chi connectivity index (χ2v) is 4.84. The molecule has 0 aliphatic rings. The number of benzene rings is 1. The van der Waals surface area contributed by atoms with Gasteiger partial charge in [-0.15, -0.1) is 0 Å². The van der Waals surface area contributed by atoms with E-state index in [0.29, 0.717) is 0 Å². The van der Waals surface area contributed by atoms with Crippen LogP contribution < -0.4 is 0 Å². The van der Waals surface area contributed by atoms with Crippen molar-refractivity contribution in [2.75, 3.05) is 6.54 Å². The first-order valence-corrected chi connectivity index (χ1v) is 6.48. The van der Waals surface area contributed by atoms with E-state index >= 15 is 0 Å². The van der Waals surface area contributed by atoms with Gasteiger partial charge in [-0.25, -0.2) is 4.36 Å². The van der Waals surface area contributed by atoms with E-state index in [1.165, 1.54) is 6.42 Å². The average Bonchev–Trinajstić information content (AvgIpc) is 2.19. The van der Waals surface area contributed by atoms with E-state index in [9.17, 15) is 0 Å². The normalized spacial score (nSPS) is 13.1. The fourth-order valence-electron chi connectivity index (χ4n) is 0.910. The van der Waals surface area contributed by atoms with Crippen molar-refractivity contribution in [1.82, 2.24) is 0 Å². The molecule has 1 aromatic rings. The highest BCUT2D eigenvalue weighted by Crippen LogP contribution is 2.12. The van der Waals surface area contributed by atoms with Gasteiger partial charge in [0.15, 0.2) is 0 Å². The molecule has 0 aromatic heterocycles. The van der Waals surface area contributed by atoms with Crippen molar-refractivity contribution in [3.05, 3.63) is 30.3 Å². The third-order valence-electron chi connectivity index (χ3n) is 1.65. The second kappa shape index (κ2) is 6.17. The van der Waals surface area contributed by atoms with Crippen LogP contribution in [0.15, 0.2) is 39.6 Å². The molecule has 0 radical (unpaired) electrons. The molecular formula is C10H14ClNS. The minimum absolute atomic E-state index is 0.438. The van der Waals surface area contributed by atoms with Crippen LogP contribution in [0.2, 0.25) is 0 Å². The molecule has 1 nitrogen and oxygen atoms in total. The van der Waals surface area contributed by atoms with Crippen LogP contribution in [-0.2, 0) is 9.90 Å². The number of unbranched alkanes of at least 4 members (excludes halogenated alkanes) is 1. The van der Waals surface area contributed by atoms with Gasteiger partial charge in [0.2, 0.25) is 0 Å². The summed E-state index contributed by atoms with van der Waals surface area (Å²) < 4.78 is 4.38. The zero-order valence-electron chi connectivity index (χ0n) is 7.74. The molecule has 1 rings (SSSR count). The lowest BCUT2D eigenvalue weighted by Gasteiger charge is -1.98. The van der Waals surface area contributed by atoms with Crippen molar-refractivity contribution in [2.24, 2.45) is 4.36 Å². The first-order valence-electron chi connectivity index (χ1n) is 4.48. The van der Waals surface area contributed by atoms with Crippen molar-refractivity contribution in [1.29, 1.82) is 0 Å². The Morgan fingerprint density at radius 2 is 2.00 bits per heavy atom. The van der Waals surface area contributed by atoms with E-state index in [2.05, 4.69) is 11.3 Å². The summed E-state index contributed by atoms with van der Waals surface area (Å²) in [5.74, 6) is 0. The quantitative estimate of drug-likeness (QED) is 0.678. The lowest BCUT2D eigenvalue weighted by atomic mass is 10.3. The monoisotopic (exact) mass is 215 g/mol. The molecule has 0 aliphatic carbocycles. The van der Waals surface area contributed by atoms with Crippen molar-refractivity contribution < 1.29 is 0 Å². The zero-order valence-corrected chi connectivity index (χ0v) is 9.31. The summed E-state index contributed by atoms with van der Waals surface area (Å²) >= 11 is 0. The number of hydrogen-bond donors (Lipinski definition) is 0. The SMILES string of the molecule is CCCCN=S(Cl)c1ccccc1. The molecule has 0 N–H and O–H groups in total. The van der Waals surface area contributed by atoms with Gasteiger partial charge in [0.1, 0.15) is 0 Å². The summed E-state index contributed by atoms with van der Waals surface area (Å²) in [5.41, 5.74) is 0. The summed E-state index contributed by atoms with van der Waals surface area (Å²) in [6, 6.07) is 10.0. The highest BCUT2D eigenvalue weighted by atomic mass is 35.7. The Bertz CT molecular complexity index is 272. The van der Waals surface area contributed by atoms with Crippen LogP contribution in [0.5, 0.6) is 0 Å². The molecule has 0 saturated heterocycles. The summed E-state index contributed by atoms with van der Waals surface area (Å²) in [6.45, 7) is 3.03. The molecule has 0 fully saturated rings. The molecule has 0 bridgehead atoms. The van der Waals surface area contributed by atoms with Crippen molar-refractivity contribution in [3.63, 3.8) is 0 Å². The molecule has 0 spiro atoms. The second-order valence-electron chi connectivity index (χ2n) is 2.76. The summed E-state index contributed by atoms with van der Waals surface area (Å²) in [7, 11) is 5.67. The molecule has 72 valence electrons. The maximum atomic E-state index is 6.10. The summed E-state index contributed by atoms with van der Waals surface area (Å²) in [6.07, 6.45) is 2.30. The van der Waals surface area contributed by atoms with E-state index in [-0.39, 0.29) is 0 Å². The largest absolute Gasteiger partial charge is 0.245 e. The molecule has 0 amide bonds. The fourth-order valence-corrected chi connectivity index (χ4v) is 2.25. The highest BCUT2D eigenvalue weighted by molar-refractivity contribution is 8.10. The smallest absolute Gasteiger partial charge is 0.0475 e. The molecular weight excluding hydrogens is 202 g/mol. The molecule has 0 heterocycles. The molecule has 1 atom stereocenters. The summed E-state index contributed by atoms with van der Waals surface area (Å²) in [5, 5.41) is 0.